The minimum Gasteiger partial charge on any atom is -0.457 e. The third kappa shape index (κ3) is 2.42. The maximum absolute atomic E-state index is 5.79. The molecule has 22 heavy (non-hydrogen) atoms. The van der Waals surface area contributed by atoms with Gasteiger partial charge in [0.05, 0.1) is 5.52 Å². The molecule has 4 rings (SSSR count). The summed E-state index contributed by atoms with van der Waals surface area (Å²) in [7, 11) is 0. The van der Waals surface area contributed by atoms with Crippen LogP contribution in [0.15, 0.2) is 72.9 Å². The van der Waals surface area contributed by atoms with Crippen LogP contribution in [0.2, 0.25) is 0 Å². The van der Waals surface area contributed by atoms with E-state index >= 15 is 0 Å². The predicted octanol–water partition coefficient (Wildman–Crippen LogP) is 4.42. The second-order valence-electron chi connectivity index (χ2n) is 4.90. The zero-order valence-corrected chi connectivity index (χ0v) is 11.7. The van der Waals surface area contributed by atoms with Crippen LogP contribution in [0.3, 0.4) is 0 Å². The number of nitrogens with one attached hydrogen (secondary N) is 1. The van der Waals surface area contributed by atoms with Crippen LogP contribution in [-0.2, 0) is 0 Å². The molecular formula is C18H13N3O. The van der Waals surface area contributed by atoms with Gasteiger partial charge in [-0.1, -0.05) is 18.2 Å². The summed E-state index contributed by atoms with van der Waals surface area (Å²) in [6.07, 6.45) is 1.74. The van der Waals surface area contributed by atoms with E-state index in [1.54, 1.807) is 6.20 Å². The maximum Gasteiger partial charge on any atom is 0.178 e. The van der Waals surface area contributed by atoms with Gasteiger partial charge in [0, 0.05) is 11.8 Å². The van der Waals surface area contributed by atoms with E-state index in [0.29, 0.717) is 0 Å². The lowest BCUT2D eigenvalue weighted by molar-refractivity contribution is 0.483. The maximum atomic E-state index is 5.79. The molecule has 0 spiro atoms. The quantitative estimate of drug-likeness (QED) is 0.607. The molecule has 0 unspecified atom stereocenters. The van der Waals surface area contributed by atoms with Gasteiger partial charge >= 0.3 is 0 Å². The molecule has 2 heterocycles. The Morgan fingerprint density at radius 3 is 2.32 bits per heavy atom. The van der Waals surface area contributed by atoms with Gasteiger partial charge in [-0.25, -0.2) is 9.97 Å². The van der Waals surface area contributed by atoms with Crippen molar-refractivity contribution in [2.75, 3.05) is 0 Å². The highest BCUT2D eigenvalue weighted by Gasteiger charge is 2.06. The van der Waals surface area contributed by atoms with E-state index in [9.17, 15) is 0 Å². The van der Waals surface area contributed by atoms with E-state index < -0.39 is 0 Å². The summed E-state index contributed by atoms with van der Waals surface area (Å²) in [6, 6.07) is 21.4. The first kappa shape index (κ1) is 12.6. The van der Waals surface area contributed by atoms with E-state index in [-0.39, 0.29) is 0 Å². The molecule has 4 aromatic rings. The lowest BCUT2D eigenvalue weighted by Gasteiger charge is -2.05. The first-order valence-electron chi connectivity index (χ1n) is 7.02. The van der Waals surface area contributed by atoms with Crippen molar-refractivity contribution in [2.24, 2.45) is 0 Å². The number of para-hydroxylation sites is 1. The van der Waals surface area contributed by atoms with Gasteiger partial charge in [0.15, 0.2) is 5.65 Å². The van der Waals surface area contributed by atoms with Gasteiger partial charge in [-0.05, 0) is 48.5 Å². The molecule has 1 N–H and O–H groups in total. The first-order chi connectivity index (χ1) is 10.9. The number of benzene rings is 2. The van der Waals surface area contributed by atoms with Gasteiger partial charge in [-0.15, -0.1) is 0 Å². The zero-order chi connectivity index (χ0) is 14.8. The van der Waals surface area contributed by atoms with Gasteiger partial charge in [0.2, 0.25) is 0 Å². The van der Waals surface area contributed by atoms with Crippen LogP contribution >= 0.6 is 0 Å². The lowest BCUT2D eigenvalue weighted by Crippen LogP contribution is -1.85. The Labute approximate surface area is 127 Å². The highest BCUT2D eigenvalue weighted by molar-refractivity contribution is 5.75. The van der Waals surface area contributed by atoms with Crippen LogP contribution in [-0.4, -0.2) is 15.0 Å². The summed E-state index contributed by atoms with van der Waals surface area (Å²) >= 11 is 0. The Morgan fingerprint density at radius 1 is 0.773 bits per heavy atom. The summed E-state index contributed by atoms with van der Waals surface area (Å²) < 4.78 is 5.79. The van der Waals surface area contributed by atoms with Crippen molar-refractivity contribution >= 4 is 11.2 Å². The second kappa shape index (κ2) is 5.33. The Bertz CT molecular complexity index is 865. The molecule has 2 aromatic heterocycles. The fourth-order valence-corrected chi connectivity index (χ4v) is 2.29. The summed E-state index contributed by atoms with van der Waals surface area (Å²) in [5.41, 5.74) is 2.66. The number of ether oxygens (including phenoxy) is 1. The van der Waals surface area contributed by atoms with E-state index in [1.807, 2.05) is 66.7 Å². The number of H-pyrrole nitrogens is 1. The number of aromatic amines is 1. The molecule has 0 bridgehead atoms. The molecule has 4 nitrogen and oxygen atoms in total. The largest absolute Gasteiger partial charge is 0.457 e. The molecule has 4 heteroatoms. The molecule has 0 radical (unpaired) electrons. The number of hydrogen-bond donors (Lipinski definition) is 1. The van der Waals surface area contributed by atoms with Gasteiger partial charge in [0.25, 0.3) is 0 Å². The minimum absolute atomic E-state index is 0.724. The summed E-state index contributed by atoms with van der Waals surface area (Å²) in [6.45, 7) is 0. The molecular weight excluding hydrogens is 274 g/mol. The van der Waals surface area contributed by atoms with Crippen LogP contribution in [0.5, 0.6) is 11.5 Å². The normalized spacial score (nSPS) is 10.7. The van der Waals surface area contributed by atoms with Gasteiger partial charge in [-0.3, -0.25) is 0 Å². The van der Waals surface area contributed by atoms with Crippen molar-refractivity contribution in [2.45, 2.75) is 0 Å². The van der Waals surface area contributed by atoms with Crippen molar-refractivity contribution in [1.29, 1.82) is 0 Å². The average molecular weight is 287 g/mol. The van der Waals surface area contributed by atoms with Crippen LogP contribution in [0, 0.1) is 0 Å². The molecule has 0 amide bonds. The third-order valence-corrected chi connectivity index (χ3v) is 3.36. The lowest BCUT2D eigenvalue weighted by atomic mass is 10.2. The highest BCUT2D eigenvalue weighted by atomic mass is 16.5. The fraction of sp³-hybridized carbons (Fsp3) is 0. The van der Waals surface area contributed by atoms with Gasteiger partial charge < -0.3 is 9.72 Å². The van der Waals surface area contributed by atoms with Crippen molar-refractivity contribution in [3.63, 3.8) is 0 Å². The van der Waals surface area contributed by atoms with E-state index in [1.165, 1.54) is 0 Å². The molecule has 0 saturated heterocycles. The molecule has 0 atom stereocenters. The van der Waals surface area contributed by atoms with Crippen LogP contribution < -0.4 is 4.74 Å². The monoisotopic (exact) mass is 287 g/mol. The van der Waals surface area contributed by atoms with Crippen molar-refractivity contribution in [3.8, 4) is 22.9 Å². The molecule has 2 aromatic carbocycles. The number of nitrogens with zero attached hydrogens (tertiary/aromatic N) is 2. The Morgan fingerprint density at radius 2 is 1.55 bits per heavy atom. The average Bonchev–Trinajstić information content (AvgIpc) is 3.00. The molecule has 0 aliphatic heterocycles. The van der Waals surface area contributed by atoms with Crippen molar-refractivity contribution in [1.82, 2.24) is 15.0 Å². The summed E-state index contributed by atoms with van der Waals surface area (Å²) in [5.74, 6) is 2.42. The van der Waals surface area contributed by atoms with Gasteiger partial charge in [-0.2, -0.15) is 0 Å². The Balaban J connectivity index is 1.61. The standard InChI is InChI=1S/C18H13N3O/c1-2-5-14(6-3-1)22-15-10-8-13(9-11-15)17-20-16-7-4-12-19-18(16)21-17/h1-12H,(H,19,20,21). The molecule has 106 valence electrons. The number of pyridine rings is 1. The second-order valence-corrected chi connectivity index (χ2v) is 4.90. The van der Waals surface area contributed by atoms with E-state index in [4.69, 9.17) is 4.74 Å². The predicted molar refractivity (Wildman–Crippen MR) is 85.8 cm³/mol. The molecule has 0 fully saturated rings. The van der Waals surface area contributed by atoms with Crippen molar-refractivity contribution in [3.05, 3.63) is 72.9 Å². The molecule has 0 aliphatic rings. The fourth-order valence-electron chi connectivity index (χ4n) is 2.29. The minimum atomic E-state index is 0.724. The van der Waals surface area contributed by atoms with Crippen LogP contribution in [0.4, 0.5) is 0 Å². The molecule has 0 aliphatic carbocycles. The smallest absolute Gasteiger partial charge is 0.178 e. The topological polar surface area (TPSA) is 50.8 Å². The number of aromatic nitrogens is 3. The third-order valence-electron chi connectivity index (χ3n) is 3.36. The number of imidazole rings is 1. The Hall–Kier alpha value is -3.14. The summed E-state index contributed by atoms with van der Waals surface area (Å²) in [4.78, 5) is 12.0. The highest BCUT2D eigenvalue weighted by Crippen LogP contribution is 2.25. The van der Waals surface area contributed by atoms with E-state index in [0.717, 1.165) is 34.1 Å². The zero-order valence-electron chi connectivity index (χ0n) is 11.7. The summed E-state index contributed by atoms with van der Waals surface area (Å²) in [5, 5.41) is 0. The van der Waals surface area contributed by atoms with E-state index in [2.05, 4.69) is 15.0 Å². The van der Waals surface area contributed by atoms with Crippen LogP contribution in [0.25, 0.3) is 22.6 Å². The number of rotatable bonds is 3. The van der Waals surface area contributed by atoms with Crippen molar-refractivity contribution < 1.29 is 4.74 Å². The van der Waals surface area contributed by atoms with Gasteiger partial charge in [0.1, 0.15) is 17.3 Å². The molecule has 0 saturated carbocycles. The SMILES string of the molecule is c1ccc(Oc2ccc(-c3nc4ncccc4[nH]3)cc2)cc1. The Kier molecular flexibility index (Phi) is 3.05. The number of fused-ring (bicyclic) bond motifs is 1. The number of hydrogen-bond acceptors (Lipinski definition) is 3. The first-order valence-corrected chi connectivity index (χ1v) is 7.02. The van der Waals surface area contributed by atoms with Crippen LogP contribution in [0.1, 0.15) is 0 Å².